The van der Waals surface area contributed by atoms with Crippen LogP contribution in [0, 0.1) is 0 Å². The highest BCUT2D eigenvalue weighted by atomic mass is 16.6. The molecule has 8 nitrogen and oxygen atoms in total. The molecule has 0 aliphatic rings. The number of hydrogen-bond acceptors (Lipinski definition) is 7. The lowest BCUT2D eigenvalue weighted by atomic mass is 10.1. The zero-order chi connectivity index (χ0) is 45.6. The number of unbranched alkanes of at least 4 members (excludes halogenated alkanes) is 3. The number of nitrogens with zero attached hydrogens (tertiary/aromatic N) is 1. The molecule has 0 spiro atoms. The fraction of sp³-hybridized carbons (Fsp3) is 0.537. The number of hydrogen-bond donors (Lipinski definition) is 0. The molecule has 0 bridgehead atoms. The third-order valence-electron chi connectivity index (χ3n) is 9.30. The molecular weight excluding hydrogens is 775 g/mol. The second-order valence-corrected chi connectivity index (χ2v) is 15.9. The van der Waals surface area contributed by atoms with Crippen LogP contribution in [0.25, 0.3) is 0 Å². The van der Waals surface area contributed by atoms with Gasteiger partial charge in [0.2, 0.25) is 0 Å². The molecule has 0 N–H and O–H groups in total. The van der Waals surface area contributed by atoms with Gasteiger partial charge in [0.15, 0.2) is 6.10 Å². The van der Waals surface area contributed by atoms with Gasteiger partial charge in [-0.2, -0.15) is 0 Å². The number of allylic oxidation sites excluding steroid dienone is 22. The maximum absolute atomic E-state index is 12.7. The van der Waals surface area contributed by atoms with Crippen molar-refractivity contribution in [2.24, 2.45) is 0 Å². The summed E-state index contributed by atoms with van der Waals surface area (Å²) in [4.78, 5) is 36.9. The highest BCUT2D eigenvalue weighted by Gasteiger charge is 2.25. The molecule has 0 saturated heterocycles. The summed E-state index contributed by atoms with van der Waals surface area (Å²) in [5.41, 5.74) is 0. The Morgan fingerprint density at radius 3 is 1.29 bits per heavy atom. The minimum atomic E-state index is -1.15. The van der Waals surface area contributed by atoms with Crippen LogP contribution < -0.4 is 5.11 Å². The van der Waals surface area contributed by atoms with Gasteiger partial charge in [0.25, 0.3) is 0 Å². The molecule has 0 aromatic heterocycles. The Balaban J connectivity index is 4.54. The van der Waals surface area contributed by atoms with Crippen LogP contribution >= 0.6 is 0 Å². The van der Waals surface area contributed by atoms with Crippen molar-refractivity contribution in [2.45, 2.75) is 148 Å². The SMILES string of the molecule is CC/C=C/C/C=C/C/C=C/C/C=C/C/C=C/C/C=C/CCC(=O)OC(COCCC(C(=O)[O-])[N+](C)(C)C)COC(=O)CCCCC/C=C/C/C=C/C/C=C/C/C=C/C/C=C/CC. The molecule has 2 atom stereocenters. The molecule has 0 aliphatic carbocycles. The number of carbonyl (C=O) groups excluding carboxylic acids is 3. The summed E-state index contributed by atoms with van der Waals surface area (Å²) in [6, 6.07) is -0.754. The number of esters is 2. The minimum Gasteiger partial charge on any atom is -0.544 e. The monoisotopic (exact) mass is 858 g/mol. The molecule has 0 saturated carbocycles. The third-order valence-corrected chi connectivity index (χ3v) is 9.30. The summed E-state index contributed by atoms with van der Waals surface area (Å²) in [5, 5.41) is 11.6. The fourth-order valence-electron chi connectivity index (χ4n) is 5.77. The average Bonchev–Trinajstić information content (AvgIpc) is 3.23. The topological polar surface area (TPSA) is 102 Å². The van der Waals surface area contributed by atoms with E-state index in [1.54, 1.807) is 21.1 Å². The van der Waals surface area contributed by atoms with E-state index in [9.17, 15) is 19.5 Å². The Morgan fingerprint density at radius 2 is 0.887 bits per heavy atom. The van der Waals surface area contributed by atoms with Crippen LogP contribution in [0.4, 0.5) is 0 Å². The highest BCUT2D eigenvalue weighted by molar-refractivity contribution is 5.70. The standard InChI is InChI=1S/C54H83NO7/c1-6-8-10-12-14-16-18-20-22-24-26-28-30-32-34-36-38-40-42-44-52(56)61-49-50(48-60-47-46-51(54(58)59)55(3,4)5)62-53(57)45-43-41-39-37-35-33-31-29-27-25-23-21-19-17-15-13-11-9-7-2/h8-11,14-17,20-23,26-29,32-35,39,41,50-51H,6-7,12-13,18-19,24-25,30-31,36-38,40,42-49H2,1-5H3/b10-8+,11-9+,16-14+,17-15+,22-20+,23-21+,28-26+,29-27+,34-32+,35-33+,41-39+. The van der Waals surface area contributed by atoms with Crippen molar-refractivity contribution < 1.29 is 38.2 Å². The largest absolute Gasteiger partial charge is 0.544 e. The average molecular weight is 858 g/mol. The normalized spacial score (nSPS) is 14.1. The van der Waals surface area contributed by atoms with Gasteiger partial charge in [-0.25, -0.2) is 0 Å². The van der Waals surface area contributed by atoms with E-state index in [2.05, 4.69) is 135 Å². The van der Waals surface area contributed by atoms with Crippen LogP contribution in [0.3, 0.4) is 0 Å². The molecule has 0 fully saturated rings. The molecule has 0 radical (unpaired) electrons. The maximum atomic E-state index is 12.7. The van der Waals surface area contributed by atoms with Gasteiger partial charge in [-0.15, -0.1) is 0 Å². The van der Waals surface area contributed by atoms with Crippen molar-refractivity contribution in [3.05, 3.63) is 134 Å². The molecule has 0 heterocycles. The van der Waals surface area contributed by atoms with Crippen LogP contribution in [0.1, 0.15) is 136 Å². The molecule has 0 amide bonds. The molecule has 8 heteroatoms. The highest BCUT2D eigenvalue weighted by Crippen LogP contribution is 2.10. The van der Waals surface area contributed by atoms with Gasteiger partial charge in [-0.05, 0) is 96.3 Å². The first kappa shape index (κ1) is 57.5. The smallest absolute Gasteiger partial charge is 0.306 e. The van der Waals surface area contributed by atoms with E-state index in [4.69, 9.17) is 14.2 Å². The second kappa shape index (κ2) is 43.1. The van der Waals surface area contributed by atoms with Gasteiger partial charge in [-0.3, -0.25) is 9.59 Å². The molecule has 346 valence electrons. The van der Waals surface area contributed by atoms with Crippen LogP contribution in [0.15, 0.2) is 134 Å². The first-order chi connectivity index (χ1) is 30.1. The number of ether oxygens (including phenoxy) is 3. The lowest BCUT2D eigenvalue weighted by Gasteiger charge is -2.34. The summed E-state index contributed by atoms with van der Waals surface area (Å²) in [6.07, 6.45) is 62.1. The Bertz CT molecular complexity index is 1470. The van der Waals surface area contributed by atoms with Gasteiger partial charge in [0.1, 0.15) is 12.6 Å². The zero-order valence-electron chi connectivity index (χ0n) is 39.2. The minimum absolute atomic E-state index is 0.0108. The Hall–Kier alpha value is -4.53. The fourth-order valence-corrected chi connectivity index (χ4v) is 5.77. The predicted octanol–water partition coefficient (Wildman–Crippen LogP) is 11.9. The summed E-state index contributed by atoms with van der Waals surface area (Å²) in [7, 11) is 5.35. The predicted molar refractivity (Wildman–Crippen MR) is 258 cm³/mol. The van der Waals surface area contributed by atoms with Crippen molar-refractivity contribution >= 4 is 17.9 Å². The van der Waals surface area contributed by atoms with E-state index in [0.717, 1.165) is 89.9 Å². The lowest BCUT2D eigenvalue weighted by molar-refractivity contribution is -0.889. The number of carboxylic acid groups (broad SMARTS) is 1. The van der Waals surface area contributed by atoms with Gasteiger partial charge in [-0.1, -0.05) is 154 Å². The summed E-state index contributed by atoms with van der Waals surface area (Å²) < 4.78 is 17.1. The molecule has 0 aliphatic heterocycles. The van der Waals surface area contributed by atoms with Crippen LogP contribution in [-0.4, -0.2) is 75.5 Å². The van der Waals surface area contributed by atoms with Crippen molar-refractivity contribution in [1.82, 2.24) is 0 Å². The van der Waals surface area contributed by atoms with Gasteiger partial charge < -0.3 is 28.6 Å². The van der Waals surface area contributed by atoms with Crippen molar-refractivity contribution in [1.29, 1.82) is 0 Å². The molecule has 62 heavy (non-hydrogen) atoms. The van der Waals surface area contributed by atoms with E-state index in [1.807, 2.05) is 12.2 Å². The zero-order valence-corrected chi connectivity index (χ0v) is 39.2. The van der Waals surface area contributed by atoms with Crippen molar-refractivity contribution in [3.8, 4) is 0 Å². The van der Waals surface area contributed by atoms with Gasteiger partial charge in [0.05, 0.1) is 40.3 Å². The summed E-state index contributed by atoms with van der Waals surface area (Å²) in [6.45, 7) is 4.28. The van der Waals surface area contributed by atoms with Crippen molar-refractivity contribution in [3.63, 3.8) is 0 Å². The number of carbonyl (C=O) groups is 3. The summed E-state index contributed by atoms with van der Waals surface area (Å²) in [5.74, 6) is -1.91. The quantitative estimate of drug-likeness (QED) is 0.0262. The Morgan fingerprint density at radius 1 is 0.484 bits per heavy atom. The Labute approximate surface area is 377 Å². The number of quaternary nitrogens is 1. The first-order valence-electron chi connectivity index (χ1n) is 23.2. The molecule has 0 aromatic rings. The molecule has 2 unspecified atom stereocenters. The third kappa shape index (κ3) is 40.9. The number of likely N-dealkylation sites (N-methyl/N-ethyl adjacent to an activating group) is 1. The van der Waals surface area contributed by atoms with E-state index in [1.165, 1.54) is 0 Å². The molecule has 0 aromatic carbocycles. The molecule has 0 rings (SSSR count). The van der Waals surface area contributed by atoms with E-state index in [-0.39, 0.29) is 49.5 Å². The maximum Gasteiger partial charge on any atom is 0.306 e. The lowest BCUT2D eigenvalue weighted by Crippen LogP contribution is -2.55. The van der Waals surface area contributed by atoms with Crippen LogP contribution in [-0.2, 0) is 28.6 Å². The second-order valence-electron chi connectivity index (χ2n) is 15.9. The van der Waals surface area contributed by atoms with E-state index < -0.39 is 24.1 Å². The Kier molecular flexibility index (Phi) is 40.0. The van der Waals surface area contributed by atoms with Crippen molar-refractivity contribution in [2.75, 3.05) is 41.0 Å². The molecular formula is C54H83NO7. The number of carboxylic acids is 1. The van der Waals surface area contributed by atoms with Crippen LogP contribution in [0.2, 0.25) is 0 Å². The summed E-state index contributed by atoms with van der Waals surface area (Å²) >= 11 is 0. The van der Waals surface area contributed by atoms with E-state index >= 15 is 0 Å². The van der Waals surface area contributed by atoms with Crippen LogP contribution in [0.5, 0.6) is 0 Å². The van der Waals surface area contributed by atoms with Gasteiger partial charge >= 0.3 is 11.9 Å². The number of aliphatic carboxylic acids is 1. The van der Waals surface area contributed by atoms with E-state index in [0.29, 0.717) is 12.8 Å². The number of rotatable bonds is 39. The van der Waals surface area contributed by atoms with Gasteiger partial charge in [0, 0.05) is 19.3 Å². The first-order valence-corrected chi connectivity index (χ1v) is 23.2.